The Morgan fingerprint density at radius 2 is 1.90 bits per heavy atom. The van der Waals surface area contributed by atoms with Gasteiger partial charge in [0, 0.05) is 33.8 Å². The lowest BCUT2D eigenvalue weighted by molar-refractivity contribution is -0.0386. The molecule has 8 heteroatoms. The summed E-state index contributed by atoms with van der Waals surface area (Å²) in [5.74, 6) is 0. The Bertz CT molecular complexity index is 484. The molecule has 122 valence electrons. The zero-order valence-electron chi connectivity index (χ0n) is 13.0. The highest BCUT2D eigenvalue weighted by molar-refractivity contribution is 7.88. The molecular weight excluding hydrogens is 294 g/mol. The summed E-state index contributed by atoms with van der Waals surface area (Å²) in [6.45, 7) is 2.21. The van der Waals surface area contributed by atoms with E-state index in [0.717, 1.165) is 19.3 Å². The van der Waals surface area contributed by atoms with Gasteiger partial charge in [0.15, 0.2) is 0 Å². The number of hydrogen-bond donors (Lipinski definition) is 1. The van der Waals surface area contributed by atoms with Crippen molar-refractivity contribution in [3.63, 3.8) is 0 Å². The normalized spacial score (nSPS) is 26.5. The Morgan fingerprint density at radius 1 is 1.29 bits per heavy atom. The molecule has 2 fully saturated rings. The SMILES string of the molecule is CN(C)C(=O)N[C@H]1COCCC12CCN(S(C)(=O)=O)CC2. The van der Waals surface area contributed by atoms with Crippen LogP contribution in [0.3, 0.4) is 0 Å². The summed E-state index contributed by atoms with van der Waals surface area (Å²) in [5, 5.41) is 3.03. The Kier molecular flexibility index (Phi) is 4.79. The highest BCUT2D eigenvalue weighted by atomic mass is 32.2. The van der Waals surface area contributed by atoms with Gasteiger partial charge in [-0.25, -0.2) is 17.5 Å². The minimum absolute atomic E-state index is 0.0505. The first-order valence-corrected chi connectivity index (χ1v) is 9.10. The highest BCUT2D eigenvalue weighted by Crippen LogP contribution is 2.41. The van der Waals surface area contributed by atoms with E-state index in [0.29, 0.717) is 26.3 Å². The van der Waals surface area contributed by atoms with Crippen LogP contribution in [0.25, 0.3) is 0 Å². The largest absolute Gasteiger partial charge is 0.379 e. The van der Waals surface area contributed by atoms with Crippen molar-refractivity contribution >= 4 is 16.1 Å². The van der Waals surface area contributed by atoms with Crippen molar-refractivity contribution in [2.45, 2.75) is 25.3 Å². The summed E-state index contributed by atoms with van der Waals surface area (Å²) in [6, 6.07) is -0.182. The fourth-order valence-electron chi connectivity index (χ4n) is 3.16. The van der Waals surface area contributed by atoms with E-state index in [9.17, 15) is 13.2 Å². The molecule has 2 amide bonds. The number of nitrogens with one attached hydrogen (secondary N) is 1. The number of carbonyl (C=O) groups is 1. The van der Waals surface area contributed by atoms with Gasteiger partial charge in [-0.15, -0.1) is 0 Å². The molecule has 0 radical (unpaired) electrons. The van der Waals surface area contributed by atoms with Crippen LogP contribution in [0.1, 0.15) is 19.3 Å². The van der Waals surface area contributed by atoms with Crippen molar-refractivity contribution in [3.05, 3.63) is 0 Å². The number of piperidine rings is 1. The predicted octanol–water partition coefficient (Wildman–Crippen LogP) is 0.0883. The summed E-state index contributed by atoms with van der Waals surface area (Å²) in [5.41, 5.74) is -0.0505. The number of nitrogens with zero attached hydrogens (tertiary/aromatic N) is 2. The van der Waals surface area contributed by atoms with Gasteiger partial charge >= 0.3 is 6.03 Å². The lowest BCUT2D eigenvalue weighted by atomic mass is 9.69. The molecule has 21 heavy (non-hydrogen) atoms. The van der Waals surface area contributed by atoms with Crippen molar-refractivity contribution in [3.8, 4) is 0 Å². The van der Waals surface area contributed by atoms with Gasteiger partial charge < -0.3 is 15.0 Å². The maximum absolute atomic E-state index is 11.9. The molecule has 0 aromatic rings. The molecule has 2 rings (SSSR count). The summed E-state index contributed by atoms with van der Waals surface area (Å²) in [6.07, 6.45) is 3.65. The van der Waals surface area contributed by atoms with Crippen molar-refractivity contribution in [2.24, 2.45) is 5.41 Å². The number of carbonyl (C=O) groups excluding carboxylic acids is 1. The first-order chi connectivity index (χ1) is 9.74. The third-order valence-corrected chi connectivity index (χ3v) is 5.96. The summed E-state index contributed by atoms with van der Waals surface area (Å²) < 4.78 is 30.3. The van der Waals surface area contributed by atoms with Crippen LogP contribution in [0.15, 0.2) is 0 Å². The molecule has 0 saturated carbocycles. The van der Waals surface area contributed by atoms with Crippen LogP contribution in [0.4, 0.5) is 4.79 Å². The number of urea groups is 1. The molecule has 0 bridgehead atoms. The van der Waals surface area contributed by atoms with Crippen LogP contribution in [-0.2, 0) is 14.8 Å². The summed E-state index contributed by atoms with van der Waals surface area (Å²) in [7, 11) is 0.284. The van der Waals surface area contributed by atoms with E-state index in [2.05, 4.69) is 5.32 Å². The van der Waals surface area contributed by atoms with E-state index in [4.69, 9.17) is 4.74 Å². The standard InChI is InChI=1S/C13H25N3O4S/c1-15(2)12(17)14-11-10-20-9-6-13(11)4-7-16(8-5-13)21(3,18)19/h11H,4-10H2,1-3H3,(H,14,17)/t11-/m0/s1. The predicted molar refractivity (Wildman–Crippen MR) is 79.5 cm³/mol. The number of amides is 2. The molecule has 1 N–H and O–H groups in total. The quantitative estimate of drug-likeness (QED) is 0.782. The number of rotatable bonds is 2. The second-order valence-electron chi connectivity index (χ2n) is 6.25. The molecule has 1 spiro atoms. The summed E-state index contributed by atoms with van der Waals surface area (Å²) in [4.78, 5) is 13.4. The fraction of sp³-hybridized carbons (Fsp3) is 0.923. The van der Waals surface area contributed by atoms with Gasteiger partial charge in [-0.1, -0.05) is 0 Å². The first kappa shape index (κ1) is 16.5. The first-order valence-electron chi connectivity index (χ1n) is 7.25. The van der Waals surface area contributed by atoms with Gasteiger partial charge in [-0.05, 0) is 24.7 Å². The molecule has 0 aromatic heterocycles. The number of sulfonamides is 1. The molecule has 0 unspecified atom stereocenters. The van der Waals surface area contributed by atoms with Crippen molar-refractivity contribution in [1.82, 2.24) is 14.5 Å². The van der Waals surface area contributed by atoms with E-state index in [1.165, 1.54) is 15.5 Å². The van der Waals surface area contributed by atoms with Crippen LogP contribution in [0.5, 0.6) is 0 Å². The van der Waals surface area contributed by atoms with E-state index in [1.807, 2.05) is 0 Å². The zero-order valence-corrected chi connectivity index (χ0v) is 13.8. The van der Waals surface area contributed by atoms with Crippen LogP contribution in [0.2, 0.25) is 0 Å². The van der Waals surface area contributed by atoms with E-state index >= 15 is 0 Å². The zero-order chi connectivity index (χ0) is 15.7. The lowest BCUT2D eigenvalue weighted by Gasteiger charge is -2.48. The van der Waals surface area contributed by atoms with Gasteiger partial charge in [0.25, 0.3) is 0 Å². The second kappa shape index (κ2) is 6.10. The van der Waals surface area contributed by atoms with Gasteiger partial charge in [0.2, 0.25) is 10.0 Å². The molecular formula is C13H25N3O4S. The Balaban J connectivity index is 2.07. The third kappa shape index (κ3) is 3.67. The van der Waals surface area contributed by atoms with Crippen molar-refractivity contribution < 1.29 is 17.9 Å². The molecule has 2 aliphatic heterocycles. The molecule has 2 saturated heterocycles. The van der Waals surface area contributed by atoms with Crippen LogP contribution < -0.4 is 5.32 Å². The molecule has 1 atom stereocenters. The molecule has 2 aliphatic rings. The Morgan fingerprint density at radius 3 is 2.43 bits per heavy atom. The van der Waals surface area contributed by atoms with Crippen molar-refractivity contribution in [1.29, 1.82) is 0 Å². The van der Waals surface area contributed by atoms with E-state index < -0.39 is 10.0 Å². The Labute approximate surface area is 126 Å². The van der Waals surface area contributed by atoms with E-state index in [1.54, 1.807) is 14.1 Å². The fourth-order valence-corrected chi connectivity index (χ4v) is 4.01. The summed E-state index contributed by atoms with van der Waals surface area (Å²) >= 11 is 0. The van der Waals surface area contributed by atoms with Gasteiger partial charge in [0.1, 0.15) is 0 Å². The minimum atomic E-state index is -3.13. The van der Waals surface area contributed by atoms with Gasteiger partial charge in [-0.3, -0.25) is 0 Å². The number of ether oxygens (including phenoxy) is 1. The lowest BCUT2D eigenvalue weighted by Crippen LogP contribution is -2.59. The van der Waals surface area contributed by atoms with Crippen molar-refractivity contribution in [2.75, 3.05) is 46.7 Å². The van der Waals surface area contributed by atoms with Crippen LogP contribution in [-0.4, -0.2) is 76.4 Å². The van der Waals surface area contributed by atoms with Crippen LogP contribution in [0, 0.1) is 5.41 Å². The topological polar surface area (TPSA) is 79.0 Å². The van der Waals surface area contributed by atoms with Gasteiger partial charge in [0.05, 0.1) is 18.9 Å². The Hall–Kier alpha value is -0.860. The maximum Gasteiger partial charge on any atom is 0.317 e. The molecule has 2 heterocycles. The smallest absolute Gasteiger partial charge is 0.317 e. The maximum atomic E-state index is 11.9. The average molecular weight is 319 g/mol. The van der Waals surface area contributed by atoms with Crippen LogP contribution >= 0.6 is 0 Å². The highest BCUT2D eigenvalue weighted by Gasteiger charge is 2.45. The molecule has 7 nitrogen and oxygen atoms in total. The number of hydrogen-bond acceptors (Lipinski definition) is 4. The molecule has 0 aromatic carbocycles. The monoisotopic (exact) mass is 319 g/mol. The van der Waals surface area contributed by atoms with E-state index in [-0.39, 0.29) is 17.5 Å². The van der Waals surface area contributed by atoms with Gasteiger partial charge in [-0.2, -0.15) is 0 Å². The molecule has 0 aliphatic carbocycles. The third-order valence-electron chi connectivity index (χ3n) is 4.66. The minimum Gasteiger partial charge on any atom is -0.379 e. The second-order valence-corrected chi connectivity index (χ2v) is 8.23. The average Bonchev–Trinajstić information content (AvgIpc) is 2.41.